The number of hydrogen-bond donors (Lipinski definition) is 2. The third kappa shape index (κ3) is 2.81. The highest BCUT2D eigenvalue weighted by Crippen LogP contribution is 2.19. The zero-order chi connectivity index (χ0) is 13.1. The van der Waals surface area contributed by atoms with E-state index in [1.165, 1.54) is 6.07 Å². The highest BCUT2D eigenvalue weighted by Gasteiger charge is 2.11. The van der Waals surface area contributed by atoms with Crippen molar-refractivity contribution in [2.75, 3.05) is 0 Å². The second-order valence-electron chi connectivity index (χ2n) is 3.79. The fraction of sp³-hybridized carbons (Fsp3) is 0.167. The maximum atomic E-state index is 11.9. The van der Waals surface area contributed by atoms with Crippen LogP contribution in [-0.2, 0) is 13.6 Å². The fourth-order valence-electron chi connectivity index (χ4n) is 1.53. The van der Waals surface area contributed by atoms with Gasteiger partial charge >= 0.3 is 0 Å². The van der Waals surface area contributed by atoms with Crippen LogP contribution in [0.5, 0.6) is 5.75 Å². The van der Waals surface area contributed by atoms with E-state index in [1.807, 2.05) is 13.1 Å². The summed E-state index contributed by atoms with van der Waals surface area (Å²) < 4.78 is 2.59. The van der Waals surface area contributed by atoms with E-state index in [-0.39, 0.29) is 17.2 Å². The lowest BCUT2D eigenvalue weighted by Gasteiger charge is -2.07. The number of rotatable bonds is 3. The summed E-state index contributed by atoms with van der Waals surface area (Å²) in [4.78, 5) is 11.9. The fourth-order valence-corrected chi connectivity index (χ4v) is 2.02. The number of aromatic hydroxyl groups is 1. The molecule has 1 aromatic carbocycles. The molecule has 2 aromatic rings. The lowest BCUT2D eigenvalue weighted by Crippen LogP contribution is -2.24. The average molecular weight is 357 g/mol. The number of phenols is 1. The molecule has 0 aliphatic carbocycles. The summed E-state index contributed by atoms with van der Waals surface area (Å²) >= 11 is 2.09. The normalized spacial score (nSPS) is 10.3. The lowest BCUT2D eigenvalue weighted by molar-refractivity contribution is 0.0947. The molecule has 0 radical (unpaired) electrons. The molecule has 6 heteroatoms. The minimum Gasteiger partial charge on any atom is -0.507 e. The Balaban J connectivity index is 2.08. The molecule has 2 rings (SSSR count). The number of carbonyl (C=O) groups is 1. The number of aryl methyl sites for hydroxylation is 1. The topological polar surface area (TPSA) is 67.2 Å². The van der Waals surface area contributed by atoms with Crippen molar-refractivity contribution in [1.82, 2.24) is 15.1 Å². The number of halogens is 1. The third-order valence-corrected chi connectivity index (χ3v) is 3.23. The predicted molar refractivity (Wildman–Crippen MR) is 75.2 cm³/mol. The molecule has 94 valence electrons. The minimum atomic E-state index is -0.299. The minimum absolute atomic E-state index is 0.0158. The maximum Gasteiger partial charge on any atom is 0.255 e. The smallest absolute Gasteiger partial charge is 0.255 e. The van der Waals surface area contributed by atoms with Crippen LogP contribution in [0.15, 0.2) is 30.5 Å². The maximum absolute atomic E-state index is 11.9. The SMILES string of the molecule is Cn1nccc1CNC(=O)c1cc(I)ccc1O. The van der Waals surface area contributed by atoms with Crippen LogP contribution in [0.4, 0.5) is 0 Å². The van der Waals surface area contributed by atoms with Crippen molar-refractivity contribution < 1.29 is 9.90 Å². The van der Waals surface area contributed by atoms with E-state index < -0.39 is 0 Å². The second-order valence-corrected chi connectivity index (χ2v) is 5.04. The van der Waals surface area contributed by atoms with Gasteiger partial charge in [0.05, 0.1) is 17.8 Å². The predicted octanol–water partition coefficient (Wildman–Crippen LogP) is 1.66. The van der Waals surface area contributed by atoms with Gasteiger partial charge in [-0.1, -0.05) is 0 Å². The average Bonchev–Trinajstić information content (AvgIpc) is 2.75. The van der Waals surface area contributed by atoms with Crippen molar-refractivity contribution >= 4 is 28.5 Å². The van der Waals surface area contributed by atoms with Gasteiger partial charge in [0, 0.05) is 16.8 Å². The van der Waals surface area contributed by atoms with Gasteiger partial charge in [-0.15, -0.1) is 0 Å². The van der Waals surface area contributed by atoms with Gasteiger partial charge in [0.1, 0.15) is 5.75 Å². The number of phenolic OH excluding ortho intramolecular Hbond substituents is 1. The molecule has 5 nitrogen and oxygen atoms in total. The Morgan fingerprint density at radius 1 is 1.50 bits per heavy atom. The third-order valence-electron chi connectivity index (χ3n) is 2.56. The molecule has 0 atom stereocenters. The van der Waals surface area contributed by atoms with E-state index in [0.29, 0.717) is 6.54 Å². The van der Waals surface area contributed by atoms with E-state index in [0.717, 1.165) is 9.26 Å². The molecular weight excluding hydrogens is 345 g/mol. The largest absolute Gasteiger partial charge is 0.507 e. The Hall–Kier alpha value is -1.57. The molecule has 0 aliphatic heterocycles. The van der Waals surface area contributed by atoms with E-state index in [2.05, 4.69) is 33.0 Å². The molecule has 0 fully saturated rings. The summed E-state index contributed by atoms with van der Waals surface area (Å²) in [5.41, 5.74) is 1.18. The van der Waals surface area contributed by atoms with Crippen LogP contribution in [0.1, 0.15) is 16.1 Å². The van der Waals surface area contributed by atoms with Gasteiger partial charge in [0.2, 0.25) is 0 Å². The number of amides is 1. The van der Waals surface area contributed by atoms with Crippen molar-refractivity contribution in [2.45, 2.75) is 6.54 Å². The standard InChI is InChI=1S/C12H12IN3O2/c1-16-9(4-5-15-16)7-14-12(18)10-6-8(13)2-3-11(10)17/h2-6,17H,7H2,1H3,(H,14,18). The number of hydrogen-bond acceptors (Lipinski definition) is 3. The first-order valence-corrected chi connectivity index (χ1v) is 6.39. The highest BCUT2D eigenvalue weighted by atomic mass is 127. The van der Waals surface area contributed by atoms with Crippen LogP contribution in [-0.4, -0.2) is 20.8 Å². The van der Waals surface area contributed by atoms with Crippen molar-refractivity contribution in [3.05, 3.63) is 45.3 Å². The molecule has 0 aliphatic rings. The molecule has 2 N–H and O–H groups in total. The number of carbonyl (C=O) groups excluding carboxylic acids is 1. The van der Waals surface area contributed by atoms with Crippen LogP contribution in [0.3, 0.4) is 0 Å². The number of benzene rings is 1. The number of aromatic nitrogens is 2. The molecule has 1 heterocycles. The van der Waals surface area contributed by atoms with Crippen LogP contribution >= 0.6 is 22.6 Å². The number of nitrogens with one attached hydrogen (secondary N) is 1. The summed E-state index contributed by atoms with van der Waals surface area (Å²) in [6.07, 6.45) is 1.67. The van der Waals surface area contributed by atoms with Gasteiger partial charge < -0.3 is 10.4 Å². The van der Waals surface area contributed by atoms with E-state index in [4.69, 9.17) is 0 Å². The Morgan fingerprint density at radius 2 is 2.28 bits per heavy atom. The van der Waals surface area contributed by atoms with Gasteiger partial charge in [-0.25, -0.2) is 0 Å². The van der Waals surface area contributed by atoms with Gasteiger partial charge in [0.25, 0.3) is 5.91 Å². The molecule has 18 heavy (non-hydrogen) atoms. The summed E-state index contributed by atoms with van der Waals surface area (Å²) in [6, 6.07) is 6.73. The lowest BCUT2D eigenvalue weighted by atomic mass is 10.2. The van der Waals surface area contributed by atoms with Gasteiger partial charge in [-0.3, -0.25) is 9.48 Å². The molecular formula is C12H12IN3O2. The first-order valence-electron chi connectivity index (χ1n) is 5.31. The Bertz CT molecular complexity index is 580. The molecule has 0 saturated heterocycles. The van der Waals surface area contributed by atoms with Crippen LogP contribution in [0.2, 0.25) is 0 Å². The summed E-state index contributed by atoms with van der Waals surface area (Å²) in [6.45, 7) is 0.375. The summed E-state index contributed by atoms with van der Waals surface area (Å²) in [5, 5.41) is 16.4. The zero-order valence-corrected chi connectivity index (χ0v) is 11.9. The monoisotopic (exact) mass is 357 g/mol. The molecule has 0 spiro atoms. The Kier molecular flexibility index (Phi) is 3.85. The van der Waals surface area contributed by atoms with Crippen molar-refractivity contribution in [3.63, 3.8) is 0 Å². The summed E-state index contributed by atoms with van der Waals surface area (Å²) in [7, 11) is 1.81. The quantitative estimate of drug-likeness (QED) is 0.822. The van der Waals surface area contributed by atoms with E-state index in [9.17, 15) is 9.90 Å². The van der Waals surface area contributed by atoms with Crippen LogP contribution in [0.25, 0.3) is 0 Å². The van der Waals surface area contributed by atoms with Crippen LogP contribution in [0, 0.1) is 3.57 Å². The van der Waals surface area contributed by atoms with E-state index >= 15 is 0 Å². The van der Waals surface area contributed by atoms with Crippen molar-refractivity contribution in [1.29, 1.82) is 0 Å². The van der Waals surface area contributed by atoms with Gasteiger partial charge in [-0.05, 0) is 46.9 Å². The van der Waals surface area contributed by atoms with Crippen molar-refractivity contribution in [2.24, 2.45) is 7.05 Å². The first-order chi connectivity index (χ1) is 8.58. The van der Waals surface area contributed by atoms with Crippen LogP contribution < -0.4 is 5.32 Å². The Labute approximate surface area is 118 Å². The number of nitrogens with zero attached hydrogens (tertiary/aromatic N) is 2. The van der Waals surface area contributed by atoms with Gasteiger partial charge in [-0.2, -0.15) is 5.10 Å². The Morgan fingerprint density at radius 3 is 2.94 bits per heavy atom. The molecule has 0 bridgehead atoms. The molecule has 0 unspecified atom stereocenters. The first kappa shape index (κ1) is 12.9. The molecule has 1 aromatic heterocycles. The van der Waals surface area contributed by atoms with E-state index in [1.54, 1.807) is 23.0 Å². The zero-order valence-electron chi connectivity index (χ0n) is 9.72. The van der Waals surface area contributed by atoms with Gasteiger partial charge in [0.15, 0.2) is 0 Å². The van der Waals surface area contributed by atoms with Crippen molar-refractivity contribution in [3.8, 4) is 5.75 Å². The summed E-state index contributed by atoms with van der Waals surface area (Å²) in [5.74, 6) is -0.315. The molecule has 1 amide bonds. The molecule has 0 saturated carbocycles. The highest BCUT2D eigenvalue weighted by molar-refractivity contribution is 14.1. The second kappa shape index (κ2) is 5.38.